The first-order valence-electron chi connectivity index (χ1n) is 7.18. The fraction of sp³-hybridized carbons (Fsp3) is 0. The highest BCUT2D eigenvalue weighted by Crippen LogP contribution is 2.33. The Bertz CT molecular complexity index is 890. The summed E-state index contributed by atoms with van der Waals surface area (Å²) in [5.41, 5.74) is 10.6. The molecule has 0 fully saturated rings. The van der Waals surface area contributed by atoms with Crippen LogP contribution in [0.5, 0.6) is 0 Å². The van der Waals surface area contributed by atoms with Gasteiger partial charge in [-0.25, -0.2) is 5.43 Å². The van der Waals surface area contributed by atoms with E-state index in [9.17, 15) is 4.79 Å². The first-order valence-corrected chi connectivity index (χ1v) is 8.37. The van der Waals surface area contributed by atoms with Crippen molar-refractivity contribution in [2.45, 2.75) is 0 Å². The average Bonchev–Trinajstić information content (AvgIpc) is 2.99. The van der Waals surface area contributed by atoms with Crippen LogP contribution in [0.2, 0.25) is 5.02 Å². The first-order chi connectivity index (χ1) is 11.6. The summed E-state index contributed by atoms with van der Waals surface area (Å²) in [7, 11) is 0. The third-order valence-electron chi connectivity index (χ3n) is 3.34. The van der Waals surface area contributed by atoms with Gasteiger partial charge in [-0.2, -0.15) is 5.10 Å². The monoisotopic (exact) mass is 355 g/mol. The van der Waals surface area contributed by atoms with Gasteiger partial charge in [0.2, 0.25) is 0 Å². The normalized spacial score (nSPS) is 10.9. The van der Waals surface area contributed by atoms with Gasteiger partial charge in [0.15, 0.2) is 0 Å². The van der Waals surface area contributed by atoms with E-state index >= 15 is 0 Å². The molecule has 120 valence electrons. The second kappa shape index (κ2) is 7.29. The summed E-state index contributed by atoms with van der Waals surface area (Å²) < 4.78 is 0. The molecule has 1 aromatic heterocycles. The predicted molar refractivity (Wildman–Crippen MR) is 101 cm³/mol. The van der Waals surface area contributed by atoms with Crippen LogP contribution in [0.3, 0.4) is 0 Å². The maximum absolute atomic E-state index is 12.3. The van der Waals surface area contributed by atoms with Crippen molar-refractivity contribution in [3.05, 3.63) is 76.8 Å². The van der Waals surface area contributed by atoms with Gasteiger partial charge in [-0.15, -0.1) is 11.3 Å². The number of carbonyl (C=O) groups is 1. The molecule has 6 heteroatoms. The van der Waals surface area contributed by atoms with Crippen molar-refractivity contribution in [1.82, 2.24) is 5.43 Å². The largest absolute Gasteiger partial charge is 0.390 e. The number of nitrogens with one attached hydrogen (secondary N) is 1. The minimum Gasteiger partial charge on any atom is -0.390 e. The van der Waals surface area contributed by atoms with Crippen molar-refractivity contribution in [2.24, 2.45) is 5.10 Å². The zero-order valence-corrected chi connectivity index (χ0v) is 14.1. The number of carbonyl (C=O) groups excluding carboxylic acids is 1. The van der Waals surface area contributed by atoms with Gasteiger partial charge in [-0.1, -0.05) is 60.1 Å². The minimum absolute atomic E-state index is 0.353. The molecule has 0 aliphatic carbocycles. The maximum Gasteiger partial charge on any atom is 0.274 e. The van der Waals surface area contributed by atoms with Crippen LogP contribution >= 0.6 is 22.9 Å². The van der Waals surface area contributed by atoms with E-state index in [1.165, 1.54) is 17.6 Å². The SMILES string of the molecule is Nc1sc(-c2ccccc2)cc1C(=O)N/N=C/c1ccccc1Cl. The van der Waals surface area contributed by atoms with E-state index < -0.39 is 0 Å². The lowest BCUT2D eigenvalue weighted by Crippen LogP contribution is -2.18. The number of halogens is 1. The Morgan fingerprint density at radius 2 is 1.83 bits per heavy atom. The lowest BCUT2D eigenvalue weighted by atomic mass is 10.1. The Labute approximate surface area is 148 Å². The first kappa shape index (κ1) is 16.2. The van der Waals surface area contributed by atoms with Gasteiger partial charge < -0.3 is 5.73 Å². The van der Waals surface area contributed by atoms with Crippen molar-refractivity contribution in [2.75, 3.05) is 5.73 Å². The molecule has 1 amide bonds. The molecule has 0 atom stereocenters. The van der Waals surface area contributed by atoms with E-state index in [-0.39, 0.29) is 5.91 Å². The third-order valence-corrected chi connectivity index (χ3v) is 4.70. The van der Waals surface area contributed by atoms with Crippen LogP contribution in [0.15, 0.2) is 65.8 Å². The molecular formula is C18H14ClN3OS. The van der Waals surface area contributed by atoms with E-state index in [0.717, 1.165) is 16.0 Å². The summed E-state index contributed by atoms with van der Waals surface area (Å²) in [6.07, 6.45) is 1.50. The van der Waals surface area contributed by atoms with Gasteiger partial charge in [0.05, 0.1) is 16.8 Å². The lowest BCUT2D eigenvalue weighted by Gasteiger charge is -1.99. The summed E-state index contributed by atoms with van der Waals surface area (Å²) in [4.78, 5) is 13.2. The third kappa shape index (κ3) is 3.64. The van der Waals surface area contributed by atoms with Crippen LogP contribution in [0.4, 0.5) is 5.00 Å². The molecule has 3 N–H and O–H groups in total. The molecule has 3 aromatic rings. The number of nitrogen functional groups attached to an aromatic ring is 1. The van der Waals surface area contributed by atoms with E-state index in [2.05, 4.69) is 10.5 Å². The highest BCUT2D eigenvalue weighted by Gasteiger charge is 2.14. The molecule has 24 heavy (non-hydrogen) atoms. The second-order valence-electron chi connectivity index (χ2n) is 4.98. The molecule has 0 spiro atoms. The van der Waals surface area contributed by atoms with Crippen LogP contribution in [0.1, 0.15) is 15.9 Å². The van der Waals surface area contributed by atoms with Crippen LogP contribution < -0.4 is 11.2 Å². The molecular weight excluding hydrogens is 342 g/mol. The molecule has 0 radical (unpaired) electrons. The van der Waals surface area contributed by atoms with Crippen LogP contribution in [0, 0.1) is 0 Å². The number of nitrogens with two attached hydrogens (primary N) is 1. The molecule has 4 nitrogen and oxygen atoms in total. The van der Waals surface area contributed by atoms with Gasteiger partial charge in [-0.3, -0.25) is 4.79 Å². The number of amides is 1. The number of benzene rings is 2. The number of hydrogen-bond donors (Lipinski definition) is 2. The van der Waals surface area contributed by atoms with Crippen LogP contribution in [-0.2, 0) is 0 Å². The van der Waals surface area contributed by atoms with Gasteiger partial charge >= 0.3 is 0 Å². The standard InChI is InChI=1S/C18H14ClN3OS/c19-15-9-5-4-8-13(15)11-21-22-18(23)14-10-16(24-17(14)20)12-6-2-1-3-7-12/h1-11H,20H2,(H,22,23)/b21-11+. The maximum atomic E-state index is 12.3. The molecule has 0 bridgehead atoms. The van der Waals surface area contributed by atoms with Crippen LogP contribution in [0.25, 0.3) is 10.4 Å². The molecule has 0 aliphatic heterocycles. The number of rotatable bonds is 4. The fourth-order valence-corrected chi connectivity index (χ4v) is 3.24. The van der Waals surface area contributed by atoms with E-state index in [4.69, 9.17) is 17.3 Å². The average molecular weight is 356 g/mol. The number of nitrogens with zero attached hydrogens (tertiary/aromatic N) is 1. The van der Waals surface area contributed by atoms with Gasteiger partial charge in [-0.05, 0) is 17.7 Å². The number of thiophene rings is 1. The molecule has 1 heterocycles. The molecule has 3 rings (SSSR count). The minimum atomic E-state index is -0.353. The Balaban J connectivity index is 1.74. The molecule has 0 aliphatic rings. The topological polar surface area (TPSA) is 67.5 Å². The summed E-state index contributed by atoms with van der Waals surface area (Å²) >= 11 is 7.40. The Morgan fingerprint density at radius 1 is 1.12 bits per heavy atom. The quantitative estimate of drug-likeness (QED) is 0.537. The van der Waals surface area contributed by atoms with E-state index in [1.54, 1.807) is 12.1 Å². The van der Waals surface area contributed by atoms with Gasteiger partial charge in [0, 0.05) is 15.5 Å². The molecule has 0 saturated carbocycles. The predicted octanol–water partition coefficient (Wildman–Crippen LogP) is 4.41. The Morgan fingerprint density at radius 3 is 2.58 bits per heavy atom. The van der Waals surface area contributed by atoms with Crippen molar-refractivity contribution in [1.29, 1.82) is 0 Å². The van der Waals surface area contributed by atoms with Crippen LogP contribution in [-0.4, -0.2) is 12.1 Å². The summed E-state index contributed by atoms with van der Waals surface area (Å²) in [6, 6.07) is 18.8. The summed E-state index contributed by atoms with van der Waals surface area (Å²) in [5, 5.41) is 4.97. The van der Waals surface area contributed by atoms with Crippen molar-refractivity contribution in [3.63, 3.8) is 0 Å². The van der Waals surface area contributed by atoms with E-state index in [1.807, 2.05) is 48.5 Å². The second-order valence-corrected chi connectivity index (χ2v) is 6.47. The van der Waals surface area contributed by atoms with Crippen molar-refractivity contribution >= 4 is 40.1 Å². The summed E-state index contributed by atoms with van der Waals surface area (Å²) in [5.74, 6) is -0.353. The van der Waals surface area contributed by atoms with E-state index in [0.29, 0.717) is 15.6 Å². The van der Waals surface area contributed by atoms with Gasteiger partial charge in [0.25, 0.3) is 5.91 Å². The zero-order valence-electron chi connectivity index (χ0n) is 12.6. The van der Waals surface area contributed by atoms with Crippen molar-refractivity contribution < 1.29 is 4.79 Å². The zero-order chi connectivity index (χ0) is 16.9. The van der Waals surface area contributed by atoms with Gasteiger partial charge in [0.1, 0.15) is 0 Å². The highest BCUT2D eigenvalue weighted by molar-refractivity contribution is 7.19. The lowest BCUT2D eigenvalue weighted by molar-refractivity contribution is 0.0956. The summed E-state index contributed by atoms with van der Waals surface area (Å²) in [6.45, 7) is 0. The Hall–Kier alpha value is -2.63. The Kier molecular flexibility index (Phi) is 4.93. The van der Waals surface area contributed by atoms with Crippen molar-refractivity contribution in [3.8, 4) is 10.4 Å². The molecule has 0 unspecified atom stereocenters. The molecule has 0 saturated heterocycles. The number of anilines is 1. The fourth-order valence-electron chi connectivity index (χ4n) is 2.13. The molecule has 2 aromatic carbocycles. The number of hydrazone groups is 1. The highest BCUT2D eigenvalue weighted by atomic mass is 35.5. The number of hydrogen-bond acceptors (Lipinski definition) is 4. The smallest absolute Gasteiger partial charge is 0.274 e.